The van der Waals surface area contributed by atoms with Crippen molar-refractivity contribution < 1.29 is 22.7 Å². The van der Waals surface area contributed by atoms with Crippen LogP contribution in [0.3, 0.4) is 0 Å². The third-order valence-electron chi connectivity index (χ3n) is 4.06. The van der Waals surface area contributed by atoms with Crippen molar-refractivity contribution in [1.29, 1.82) is 0 Å². The number of nitrogens with zero attached hydrogens (tertiary/aromatic N) is 4. The van der Waals surface area contributed by atoms with Gasteiger partial charge in [-0.05, 0) is 38.5 Å². The van der Waals surface area contributed by atoms with Gasteiger partial charge in [-0.3, -0.25) is 0 Å². The van der Waals surface area contributed by atoms with E-state index in [0.717, 1.165) is 12.1 Å². The average Bonchev–Trinajstić information content (AvgIpc) is 2.99. The molecule has 0 saturated carbocycles. The van der Waals surface area contributed by atoms with Crippen molar-refractivity contribution in [2.75, 3.05) is 5.32 Å². The predicted molar refractivity (Wildman–Crippen MR) is 89.6 cm³/mol. The number of aryl methyl sites for hydroxylation is 1. The molecule has 0 spiro atoms. The third-order valence-corrected chi connectivity index (χ3v) is 4.06. The largest absolute Gasteiger partial charge is 0.419 e. The fourth-order valence-corrected chi connectivity index (χ4v) is 2.79. The van der Waals surface area contributed by atoms with E-state index in [0.29, 0.717) is 23.4 Å². The molecule has 0 aliphatic carbocycles. The van der Waals surface area contributed by atoms with Gasteiger partial charge in [-0.25, -0.2) is 8.91 Å². The number of hydrogen-bond donors (Lipinski definition) is 2. The van der Waals surface area contributed by atoms with Gasteiger partial charge in [-0.15, -0.1) is 0 Å². The van der Waals surface area contributed by atoms with Gasteiger partial charge in [-0.1, -0.05) is 6.07 Å². The number of nitrogens with one attached hydrogen (secondary N) is 1. The molecular formula is C17H17F4N5O. The molecule has 3 aromatic rings. The number of alkyl halides is 3. The normalized spacial score (nSPS) is 13.8. The SMILES string of the molecule is Cc1cc(N[C@H](c2ccc(C(F)(F)F)c(F)c2)C(C)(C)O)nc2ncnn12. The number of halogens is 4. The fraction of sp³-hybridized carbons (Fsp3) is 0.353. The minimum absolute atomic E-state index is 0.147. The van der Waals surface area contributed by atoms with E-state index in [1.54, 1.807) is 13.0 Å². The second-order valence-corrected chi connectivity index (χ2v) is 6.72. The number of fused-ring (bicyclic) bond motifs is 1. The summed E-state index contributed by atoms with van der Waals surface area (Å²) in [6, 6.07) is 3.27. The van der Waals surface area contributed by atoms with Gasteiger partial charge in [0.1, 0.15) is 18.0 Å². The summed E-state index contributed by atoms with van der Waals surface area (Å²) in [6.45, 7) is 4.69. The van der Waals surface area contributed by atoms with Crippen molar-refractivity contribution in [1.82, 2.24) is 19.6 Å². The summed E-state index contributed by atoms with van der Waals surface area (Å²) in [7, 11) is 0. The lowest BCUT2D eigenvalue weighted by Crippen LogP contribution is -2.35. The quantitative estimate of drug-likeness (QED) is 0.675. The summed E-state index contributed by atoms with van der Waals surface area (Å²) < 4.78 is 53.9. The lowest BCUT2D eigenvalue weighted by molar-refractivity contribution is -0.140. The summed E-state index contributed by atoms with van der Waals surface area (Å²) in [5, 5.41) is 17.4. The molecule has 0 amide bonds. The van der Waals surface area contributed by atoms with E-state index < -0.39 is 29.2 Å². The van der Waals surface area contributed by atoms with Crippen LogP contribution in [0.15, 0.2) is 30.6 Å². The maximum Gasteiger partial charge on any atom is 0.419 e. The molecule has 1 atom stereocenters. The lowest BCUT2D eigenvalue weighted by Gasteiger charge is -2.31. The summed E-state index contributed by atoms with van der Waals surface area (Å²) in [5.41, 5.74) is -1.94. The van der Waals surface area contributed by atoms with E-state index in [1.807, 2.05) is 0 Å². The Kier molecular flexibility index (Phi) is 4.54. The topological polar surface area (TPSA) is 75.3 Å². The highest BCUT2D eigenvalue weighted by Crippen LogP contribution is 2.35. The molecule has 2 N–H and O–H groups in total. The first-order valence-corrected chi connectivity index (χ1v) is 8.00. The summed E-state index contributed by atoms with van der Waals surface area (Å²) in [4.78, 5) is 8.24. The van der Waals surface area contributed by atoms with Gasteiger partial charge in [-0.2, -0.15) is 28.2 Å². The molecule has 2 heterocycles. The Morgan fingerprint density at radius 2 is 1.89 bits per heavy atom. The predicted octanol–water partition coefficient (Wildman–Crippen LogP) is 3.51. The third kappa shape index (κ3) is 3.85. The molecule has 0 aliphatic rings. The Morgan fingerprint density at radius 3 is 2.48 bits per heavy atom. The molecule has 6 nitrogen and oxygen atoms in total. The maximum atomic E-state index is 14.0. The molecule has 1 aromatic carbocycles. The zero-order chi connectivity index (χ0) is 20.0. The van der Waals surface area contributed by atoms with E-state index in [9.17, 15) is 22.7 Å². The van der Waals surface area contributed by atoms with E-state index in [2.05, 4.69) is 20.4 Å². The van der Waals surface area contributed by atoms with Gasteiger partial charge < -0.3 is 10.4 Å². The number of rotatable bonds is 4. The number of anilines is 1. The van der Waals surface area contributed by atoms with E-state index in [1.165, 1.54) is 24.7 Å². The van der Waals surface area contributed by atoms with Gasteiger partial charge in [0.05, 0.1) is 17.2 Å². The van der Waals surface area contributed by atoms with Crippen molar-refractivity contribution in [3.8, 4) is 0 Å². The lowest BCUT2D eigenvalue weighted by atomic mass is 9.91. The van der Waals surface area contributed by atoms with Crippen LogP contribution in [-0.2, 0) is 6.18 Å². The molecule has 0 unspecified atom stereocenters. The van der Waals surface area contributed by atoms with Crippen molar-refractivity contribution in [3.05, 3.63) is 53.2 Å². The van der Waals surface area contributed by atoms with Crippen molar-refractivity contribution >= 4 is 11.6 Å². The van der Waals surface area contributed by atoms with Crippen LogP contribution < -0.4 is 5.32 Å². The second-order valence-electron chi connectivity index (χ2n) is 6.72. The minimum atomic E-state index is -4.79. The molecule has 0 saturated heterocycles. The summed E-state index contributed by atoms with van der Waals surface area (Å²) >= 11 is 0. The number of hydrogen-bond acceptors (Lipinski definition) is 5. The smallest absolute Gasteiger partial charge is 0.388 e. The Labute approximate surface area is 151 Å². The van der Waals surface area contributed by atoms with Crippen molar-refractivity contribution in [2.45, 2.75) is 38.6 Å². The highest BCUT2D eigenvalue weighted by atomic mass is 19.4. The highest BCUT2D eigenvalue weighted by molar-refractivity contribution is 5.46. The minimum Gasteiger partial charge on any atom is -0.388 e. The van der Waals surface area contributed by atoms with Gasteiger partial charge in [0, 0.05) is 11.8 Å². The average molecular weight is 383 g/mol. The van der Waals surface area contributed by atoms with Crippen LogP contribution >= 0.6 is 0 Å². The van der Waals surface area contributed by atoms with Crippen LogP contribution in [0, 0.1) is 12.7 Å². The molecule has 144 valence electrons. The molecule has 3 rings (SSSR count). The first-order chi connectivity index (χ1) is 12.5. The number of benzene rings is 1. The second kappa shape index (κ2) is 6.45. The van der Waals surface area contributed by atoms with Crippen LogP contribution in [0.25, 0.3) is 5.78 Å². The van der Waals surface area contributed by atoms with Crippen LogP contribution in [0.1, 0.15) is 36.7 Å². The molecule has 0 aliphatic heterocycles. The molecule has 0 fully saturated rings. The van der Waals surface area contributed by atoms with Gasteiger partial charge >= 0.3 is 6.18 Å². The van der Waals surface area contributed by atoms with Gasteiger partial charge in [0.2, 0.25) is 0 Å². The Balaban J connectivity index is 2.00. The summed E-state index contributed by atoms with van der Waals surface area (Å²) in [5.74, 6) is -0.779. The van der Waals surface area contributed by atoms with Crippen LogP contribution in [-0.4, -0.2) is 30.3 Å². The first kappa shape index (κ1) is 19.0. The van der Waals surface area contributed by atoms with E-state index in [4.69, 9.17) is 0 Å². The molecule has 0 bridgehead atoms. The molecule has 0 radical (unpaired) electrons. The van der Waals surface area contributed by atoms with E-state index >= 15 is 0 Å². The Morgan fingerprint density at radius 1 is 1.19 bits per heavy atom. The van der Waals surface area contributed by atoms with E-state index in [-0.39, 0.29) is 5.56 Å². The van der Waals surface area contributed by atoms with Gasteiger partial charge in [0.25, 0.3) is 5.78 Å². The monoisotopic (exact) mass is 383 g/mol. The Hall–Kier alpha value is -2.75. The first-order valence-electron chi connectivity index (χ1n) is 8.00. The number of aromatic nitrogens is 4. The maximum absolute atomic E-state index is 14.0. The summed E-state index contributed by atoms with van der Waals surface area (Å²) in [6.07, 6.45) is -3.46. The van der Waals surface area contributed by atoms with Crippen LogP contribution in [0.5, 0.6) is 0 Å². The zero-order valence-electron chi connectivity index (χ0n) is 14.7. The molecule has 2 aromatic heterocycles. The Bertz CT molecular complexity index is 978. The van der Waals surface area contributed by atoms with Crippen LogP contribution in [0.2, 0.25) is 0 Å². The van der Waals surface area contributed by atoms with Crippen molar-refractivity contribution in [2.24, 2.45) is 0 Å². The van der Waals surface area contributed by atoms with Crippen LogP contribution in [0.4, 0.5) is 23.4 Å². The molecule has 27 heavy (non-hydrogen) atoms. The van der Waals surface area contributed by atoms with Gasteiger partial charge in [0.15, 0.2) is 0 Å². The number of aliphatic hydroxyl groups is 1. The standard InChI is InChI=1S/C17H17F4N5O/c1-9-6-13(25-15-22-8-23-26(9)15)24-14(16(2,3)27)10-4-5-11(12(18)7-10)17(19,20)21/h4-8,14,27H,1-3H3,(H,22,23,24,25)/t14-/m1/s1. The zero-order valence-corrected chi connectivity index (χ0v) is 14.7. The van der Waals surface area contributed by atoms with Crippen molar-refractivity contribution in [3.63, 3.8) is 0 Å². The highest BCUT2D eigenvalue weighted by Gasteiger charge is 2.36. The molecular weight excluding hydrogens is 366 g/mol. The fourth-order valence-electron chi connectivity index (χ4n) is 2.79. The molecule has 10 heteroatoms.